The van der Waals surface area contributed by atoms with Gasteiger partial charge < -0.3 is 4.42 Å². The SMILES string of the molecule is Cc1cc(/C(Cl)=C/C#N)c(C)o1. The Hall–Kier alpha value is -1.20. The van der Waals surface area contributed by atoms with E-state index in [1.807, 2.05) is 26.0 Å². The first-order valence-electron chi connectivity index (χ1n) is 3.48. The Morgan fingerprint density at radius 2 is 2.33 bits per heavy atom. The minimum atomic E-state index is 0.423. The van der Waals surface area contributed by atoms with E-state index in [0.29, 0.717) is 5.03 Å². The highest BCUT2D eigenvalue weighted by Crippen LogP contribution is 2.24. The van der Waals surface area contributed by atoms with E-state index in [0.717, 1.165) is 17.1 Å². The summed E-state index contributed by atoms with van der Waals surface area (Å²) in [6.07, 6.45) is 1.29. The largest absolute Gasteiger partial charge is 0.466 e. The molecule has 0 N–H and O–H groups in total. The fourth-order valence-corrected chi connectivity index (χ4v) is 1.24. The Kier molecular flexibility index (Phi) is 2.57. The second kappa shape index (κ2) is 3.46. The number of hydrogen-bond donors (Lipinski definition) is 0. The molecule has 1 aromatic heterocycles. The van der Waals surface area contributed by atoms with Crippen LogP contribution in [0.25, 0.3) is 5.03 Å². The van der Waals surface area contributed by atoms with E-state index in [2.05, 4.69) is 0 Å². The van der Waals surface area contributed by atoms with Gasteiger partial charge in [0.25, 0.3) is 0 Å². The number of furan rings is 1. The van der Waals surface area contributed by atoms with E-state index >= 15 is 0 Å². The lowest BCUT2D eigenvalue weighted by Gasteiger charge is -1.91. The monoisotopic (exact) mass is 181 g/mol. The second-order valence-electron chi connectivity index (χ2n) is 2.45. The second-order valence-corrected chi connectivity index (χ2v) is 2.86. The van der Waals surface area contributed by atoms with Crippen LogP contribution in [0, 0.1) is 25.2 Å². The molecular weight excluding hydrogens is 174 g/mol. The number of nitrogens with zero attached hydrogens (tertiary/aromatic N) is 1. The summed E-state index contributed by atoms with van der Waals surface area (Å²) in [5, 5.41) is 8.78. The van der Waals surface area contributed by atoms with Crippen molar-refractivity contribution in [1.82, 2.24) is 0 Å². The number of rotatable bonds is 1. The summed E-state index contributed by atoms with van der Waals surface area (Å²) in [6, 6.07) is 3.68. The normalized spacial score (nSPS) is 11.3. The van der Waals surface area contributed by atoms with Gasteiger partial charge in [0.2, 0.25) is 0 Å². The van der Waals surface area contributed by atoms with Crippen molar-refractivity contribution in [3.63, 3.8) is 0 Å². The standard InChI is InChI=1S/C9H8ClNO/c1-6-5-8(7(2)12-6)9(10)3-4-11/h3,5H,1-2H3/b9-3-. The molecule has 12 heavy (non-hydrogen) atoms. The van der Waals surface area contributed by atoms with Crippen molar-refractivity contribution >= 4 is 16.6 Å². The highest BCUT2D eigenvalue weighted by atomic mass is 35.5. The van der Waals surface area contributed by atoms with Gasteiger partial charge in [-0.25, -0.2) is 0 Å². The molecule has 0 aliphatic carbocycles. The van der Waals surface area contributed by atoms with Crippen LogP contribution < -0.4 is 0 Å². The van der Waals surface area contributed by atoms with Crippen molar-refractivity contribution in [2.24, 2.45) is 0 Å². The molecule has 62 valence electrons. The summed E-state index contributed by atoms with van der Waals surface area (Å²) in [5.74, 6) is 1.54. The maximum atomic E-state index is 8.35. The molecule has 0 unspecified atom stereocenters. The van der Waals surface area contributed by atoms with E-state index in [-0.39, 0.29) is 0 Å². The summed E-state index contributed by atoms with van der Waals surface area (Å²) in [5.41, 5.74) is 0.788. The Morgan fingerprint density at radius 3 is 2.75 bits per heavy atom. The molecule has 0 saturated heterocycles. The summed E-state index contributed by atoms with van der Waals surface area (Å²) in [4.78, 5) is 0. The predicted molar refractivity (Wildman–Crippen MR) is 47.6 cm³/mol. The Bertz CT molecular complexity index is 357. The van der Waals surface area contributed by atoms with Crippen LogP contribution in [-0.2, 0) is 0 Å². The van der Waals surface area contributed by atoms with E-state index in [9.17, 15) is 0 Å². The zero-order valence-corrected chi connectivity index (χ0v) is 7.64. The summed E-state index contributed by atoms with van der Waals surface area (Å²) in [7, 11) is 0. The number of hydrogen-bond acceptors (Lipinski definition) is 2. The van der Waals surface area contributed by atoms with Gasteiger partial charge in [0.15, 0.2) is 0 Å². The maximum absolute atomic E-state index is 8.35. The van der Waals surface area contributed by atoms with Gasteiger partial charge in [-0.1, -0.05) is 11.6 Å². The van der Waals surface area contributed by atoms with Crippen LogP contribution in [0.15, 0.2) is 16.6 Å². The van der Waals surface area contributed by atoms with Gasteiger partial charge in [0.1, 0.15) is 11.5 Å². The van der Waals surface area contributed by atoms with E-state index < -0.39 is 0 Å². The first-order valence-corrected chi connectivity index (χ1v) is 3.85. The molecule has 0 atom stereocenters. The van der Waals surface area contributed by atoms with Crippen molar-refractivity contribution in [1.29, 1.82) is 5.26 Å². The van der Waals surface area contributed by atoms with Crippen LogP contribution in [0.1, 0.15) is 17.1 Å². The van der Waals surface area contributed by atoms with Crippen molar-refractivity contribution in [2.75, 3.05) is 0 Å². The van der Waals surface area contributed by atoms with Gasteiger partial charge in [-0.15, -0.1) is 0 Å². The highest BCUT2D eigenvalue weighted by molar-refractivity contribution is 6.49. The quantitative estimate of drug-likeness (QED) is 0.625. The van der Waals surface area contributed by atoms with E-state index in [4.69, 9.17) is 21.3 Å². The van der Waals surface area contributed by atoms with Crippen molar-refractivity contribution < 1.29 is 4.42 Å². The fourth-order valence-electron chi connectivity index (χ4n) is 1.00. The Morgan fingerprint density at radius 1 is 1.67 bits per heavy atom. The summed E-state index contributed by atoms with van der Waals surface area (Å²) in [6.45, 7) is 3.66. The van der Waals surface area contributed by atoms with Crippen LogP contribution in [-0.4, -0.2) is 0 Å². The molecule has 1 rings (SSSR count). The first-order chi connectivity index (χ1) is 5.65. The highest BCUT2D eigenvalue weighted by Gasteiger charge is 2.06. The number of nitriles is 1. The van der Waals surface area contributed by atoms with Gasteiger partial charge >= 0.3 is 0 Å². The van der Waals surface area contributed by atoms with Gasteiger partial charge in [-0.2, -0.15) is 5.26 Å². The van der Waals surface area contributed by atoms with Gasteiger partial charge in [-0.05, 0) is 19.9 Å². The average Bonchev–Trinajstić information content (AvgIpc) is 2.30. The third-order valence-electron chi connectivity index (χ3n) is 1.49. The zero-order chi connectivity index (χ0) is 9.14. The van der Waals surface area contributed by atoms with Crippen LogP contribution in [0.4, 0.5) is 0 Å². The Labute approximate surface area is 76.1 Å². The molecule has 0 fully saturated rings. The van der Waals surface area contributed by atoms with Gasteiger partial charge in [0.05, 0.1) is 11.1 Å². The first kappa shape index (κ1) is 8.89. The van der Waals surface area contributed by atoms with E-state index in [1.54, 1.807) is 0 Å². The molecule has 0 aliphatic heterocycles. The summed E-state index contributed by atoms with van der Waals surface area (Å²) >= 11 is 5.80. The molecule has 0 amide bonds. The van der Waals surface area contributed by atoms with Crippen molar-refractivity contribution in [3.05, 3.63) is 29.2 Å². The lowest BCUT2D eigenvalue weighted by Crippen LogP contribution is -1.74. The third kappa shape index (κ3) is 1.69. The molecule has 1 aromatic rings. The molecule has 0 aromatic carbocycles. The van der Waals surface area contributed by atoms with Crippen LogP contribution in [0.2, 0.25) is 0 Å². The molecule has 0 saturated carbocycles. The Balaban J connectivity index is 3.12. The predicted octanol–water partition coefficient (Wildman–Crippen LogP) is 3.00. The molecule has 0 bridgehead atoms. The van der Waals surface area contributed by atoms with Crippen LogP contribution >= 0.6 is 11.6 Å². The number of halogens is 1. The number of aryl methyl sites for hydroxylation is 2. The molecule has 0 aliphatic rings. The van der Waals surface area contributed by atoms with Gasteiger partial charge in [0, 0.05) is 11.6 Å². The zero-order valence-electron chi connectivity index (χ0n) is 6.89. The van der Waals surface area contributed by atoms with Crippen molar-refractivity contribution in [3.8, 4) is 6.07 Å². The molecule has 0 radical (unpaired) electrons. The fraction of sp³-hybridized carbons (Fsp3) is 0.222. The molecule has 3 heteroatoms. The topological polar surface area (TPSA) is 36.9 Å². The smallest absolute Gasteiger partial charge is 0.109 e. The maximum Gasteiger partial charge on any atom is 0.109 e. The molecular formula is C9H8ClNO. The minimum absolute atomic E-state index is 0.423. The minimum Gasteiger partial charge on any atom is -0.466 e. The number of allylic oxidation sites excluding steroid dienone is 1. The lowest BCUT2D eigenvalue weighted by atomic mass is 10.2. The third-order valence-corrected chi connectivity index (χ3v) is 1.80. The van der Waals surface area contributed by atoms with E-state index in [1.165, 1.54) is 6.08 Å². The molecule has 0 spiro atoms. The van der Waals surface area contributed by atoms with Crippen molar-refractivity contribution in [2.45, 2.75) is 13.8 Å². The van der Waals surface area contributed by atoms with Crippen LogP contribution in [0.3, 0.4) is 0 Å². The lowest BCUT2D eigenvalue weighted by molar-refractivity contribution is 0.504. The molecule has 1 heterocycles. The van der Waals surface area contributed by atoms with Gasteiger partial charge in [-0.3, -0.25) is 0 Å². The summed E-state index contributed by atoms with van der Waals surface area (Å²) < 4.78 is 5.25. The molecule has 2 nitrogen and oxygen atoms in total. The average molecular weight is 182 g/mol. The van der Waals surface area contributed by atoms with Crippen LogP contribution in [0.5, 0.6) is 0 Å².